The molecule has 70 valence electrons. The van der Waals surface area contributed by atoms with Crippen LogP contribution in [0, 0.1) is 5.92 Å². The molecule has 0 aromatic carbocycles. The summed E-state index contributed by atoms with van der Waals surface area (Å²) >= 11 is 0. The van der Waals surface area contributed by atoms with Crippen molar-refractivity contribution >= 4 is 0 Å². The highest BCUT2D eigenvalue weighted by atomic mass is 14.0. The molecule has 0 bridgehead atoms. The molecule has 0 heteroatoms. The SMILES string of the molecule is C=C=CCCCCC(C)CCC. The van der Waals surface area contributed by atoms with Crippen LogP contribution in [0.5, 0.6) is 0 Å². The third-order valence-corrected chi connectivity index (χ3v) is 2.22. The van der Waals surface area contributed by atoms with Crippen LogP contribution in [0.2, 0.25) is 0 Å². The van der Waals surface area contributed by atoms with Crippen molar-refractivity contribution < 1.29 is 0 Å². The minimum Gasteiger partial charge on any atom is -0.133 e. The summed E-state index contributed by atoms with van der Waals surface area (Å²) in [5.74, 6) is 0.919. The first-order valence-corrected chi connectivity index (χ1v) is 5.15. The number of hydrogen-bond acceptors (Lipinski definition) is 0. The lowest BCUT2D eigenvalue weighted by Gasteiger charge is -2.07. The van der Waals surface area contributed by atoms with E-state index in [2.05, 4.69) is 26.2 Å². The maximum absolute atomic E-state index is 3.54. The topological polar surface area (TPSA) is 0 Å². The number of unbranched alkanes of at least 4 members (excludes halogenated alkanes) is 2. The molecule has 0 saturated heterocycles. The number of rotatable bonds is 7. The van der Waals surface area contributed by atoms with Gasteiger partial charge in [0.2, 0.25) is 0 Å². The van der Waals surface area contributed by atoms with Crippen LogP contribution in [0.1, 0.15) is 52.4 Å². The quantitative estimate of drug-likeness (QED) is 0.390. The van der Waals surface area contributed by atoms with Crippen molar-refractivity contribution in [2.24, 2.45) is 5.92 Å². The van der Waals surface area contributed by atoms with Gasteiger partial charge in [-0.15, -0.1) is 5.73 Å². The summed E-state index contributed by atoms with van der Waals surface area (Å²) in [6.07, 6.45) is 9.95. The Labute approximate surface area is 77.4 Å². The van der Waals surface area contributed by atoms with Gasteiger partial charge in [-0.05, 0) is 24.8 Å². The van der Waals surface area contributed by atoms with Crippen LogP contribution < -0.4 is 0 Å². The molecule has 1 atom stereocenters. The maximum Gasteiger partial charge on any atom is -0.0275 e. The predicted molar refractivity (Wildman–Crippen MR) is 56.3 cm³/mol. The van der Waals surface area contributed by atoms with E-state index in [4.69, 9.17) is 0 Å². The van der Waals surface area contributed by atoms with Gasteiger partial charge in [0.05, 0.1) is 0 Å². The Hall–Kier alpha value is -0.480. The zero-order valence-corrected chi connectivity index (χ0v) is 8.60. The number of allylic oxidation sites excluding steroid dienone is 1. The van der Waals surface area contributed by atoms with Gasteiger partial charge in [0.25, 0.3) is 0 Å². The second-order valence-corrected chi connectivity index (χ2v) is 3.59. The Bertz CT molecular complexity index is 129. The van der Waals surface area contributed by atoms with E-state index in [0.717, 1.165) is 12.3 Å². The van der Waals surface area contributed by atoms with E-state index in [1.54, 1.807) is 0 Å². The fourth-order valence-electron chi connectivity index (χ4n) is 1.48. The van der Waals surface area contributed by atoms with E-state index in [0.29, 0.717) is 0 Å². The summed E-state index contributed by atoms with van der Waals surface area (Å²) < 4.78 is 0. The smallest absolute Gasteiger partial charge is 0.0275 e. The monoisotopic (exact) mass is 166 g/mol. The zero-order valence-electron chi connectivity index (χ0n) is 8.60. The summed E-state index contributed by atoms with van der Waals surface area (Å²) in [5, 5.41) is 0. The second-order valence-electron chi connectivity index (χ2n) is 3.59. The Kier molecular flexibility index (Phi) is 8.27. The van der Waals surface area contributed by atoms with Crippen molar-refractivity contribution in [2.45, 2.75) is 52.4 Å². The van der Waals surface area contributed by atoms with Gasteiger partial charge >= 0.3 is 0 Å². The lowest BCUT2D eigenvalue weighted by Crippen LogP contribution is -1.93. The maximum atomic E-state index is 3.54. The molecular formula is C12H22. The lowest BCUT2D eigenvalue weighted by atomic mass is 9.99. The molecular weight excluding hydrogens is 144 g/mol. The van der Waals surface area contributed by atoms with E-state index in [9.17, 15) is 0 Å². The molecule has 0 radical (unpaired) electrons. The molecule has 0 N–H and O–H groups in total. The average molecular weight is 166 g/mol. The van der Waals surface area contributed by atoms with Gasteiger partial charge in [-0.25, -0.2) is 0 Å². The van der Waals surface area contributed by atoms with Crippen molar-refractivity contribution in [1.29, 1.82) is 0 Å². The summed E-state index contributed by atoms with van der Waals surface area (Å²) in [6.45, 7) is 8.16. The highest BCUT2D eigenvalue weighted by Gasteiger charge is 1.98. The average Bonchev–Trinajstić information content (AvgIpc) is 2.05. The Balaban J connectivity index is 3.13. The minimum atomic E-state index is 0.919. The molecule has 0 aromatic rings. The van der Waals surface area contributed by atoms with Gasteiger partial charge < -0.3 is 0 Å². The molecule has 0 rings (SSSR count). The predicted octanol–water partition coefficient (Wildman–Crippen LogP) is 4.32. The molecule has 0 nitrogen and oxygen atoms in total. The Morgan fingerprint density at radius 1 is 1.33 bits per heavy atom. The molecule has 0 aliphatic rings. The molecule has 12 heavy (non-hydrogen) atoms. The van der Waals surface area contributed by atoms with Gasteiger partial charge in [-0.2, -0.15) is 0 Å². The molecule has 0 amide bonds. The molecule has 0 aliphatic heterocycles. The van der Waals surface area contributed by atoms with E-state index in [1.165, 1.54) is 32.1 Å². The Morgan fingerprint density at radius 3 is 2.67 bits per heavy atom. The number of hydrogen-bond donors (Lipinski definition) is 0. The first-order valence-electron chi connectivity index (χ1n) is 5.15. The van der Waals surface area contributed by atoms with Gasteiger partial charge in [-0.1, -0.05) is 46.1 Å². The molecule has 0 saturated carbocycles. The fourth-order valence-corrected chi connectivity index (χ4v) is 1.48. The summed E-state index contributed by atoms with van der Waals surface area (Å²) in [7, 11) is 0. The summed E-state index contributed by atoms with van der Waals surface area (Å²) in [5.41, 5.74) is 2.81. The molecule has 0 aliphatic carbocycles. The largest absolute Gasteiger partial charge is 0.133 e. The molecule has 1 unspecified atom stereocenters. The third-order valence-electron chi connectivity index (χ3n) is 2.22. The highest BCUT2D eigenvalue weighted by Crippen LogP contribution is 2.14. The fraction of sp³-hybridized carbons (Fsp3) is 0.750. The van der Waals surface area contributed by atoms with Crippen LogP contribution in [0.4, 0.5) is 0 Å². The van der Waals surface area contributed by atoms with Gasteiger partial charge in [0, 0.05) is 0 Å². The minimum absolute atomic E-state index is 0.919. The van der Waals surface area contributed by atoms with E-state index in [1.807, 2.05) is 6.08 Å². The van der Waals surface area contributed by atoms with Crippen LogP contribution in [-0.2, 0) is 0 Å². The zero-order chi connectivity index (χ0) is 9.23. The van der Waals surface area contributed by atoms with Crippen molar-refractivity contribution in [3.05, 3.63) is 18.4 Å². The van der Waals surface area contributed by atoms with Gasteiger partial charge in [-0.3, -0.25) is 0 Å². The molecule has 0 aromatic heterocycles. The summed E-state index contributed by atoms with van der Waals surface area (Å²) in [4.78, 5) is 0. The van der Waals surface area contributed by atoms with Crippen molar-refractivity contribution in [1.82, 2.24) is 0 Å². The highest BCUT2D eigenvalue weighted by molar-refractivity contribution is 4.75. The lowest BCUT2D eigenvalue weighted by molar-refractivity contribution is 0.462. The van der Waals surface area contributed by atoms with E-state index < -0.39 is 0 Å². The van der Waals surface area contributed by atoms with Crippen LogP contribution in [0.25, 0.3) is 0 Å². The van der Waals surface area contributed by atoms with Gasteiger partial charge in [0.1, 0.15) is 0 Å². The van der Waals surface area contributed by atoms with Crippen LogP contribution in [0.15, 0.2) is 18.4 Å². The molecule has 0 heterocycles. The third kappa shape index (κ3) is 7.63. The molecule has 0 spiro atoms. The second kappa shape index (κ2) is 8.62. The Morgan fingerprint density at radius 2 is 2.08 bits per heavy atom. The van der Waals surface area contributed by atoms with Crippen LogP contribution >= 0.6 is 0 Å². The normalized spacial score (nSPS) is 12.2. The van der Waals surface area contributed by atoms with E-state index in [-0.39, 0.29) is 0 Å². The first-order chi connectivity index (χ1) is 5.81. The van der Waals surface area contributed by atoms with Crippen LogP contribution in [0.3, 0.4) is 0 Å². The van der Waals surface area contributed by atoms with Crippen molar-refractivity contribution in [3.8, 4) is 0 Å². The van der Waals surface area contributed by atoms with Crippen molar-refractivity contribution in [3.63, 3.8) is 0 Å². The first kappa shape index (κ1) is 11.5. The molecule has 0 fully saturated rings. The van der Waals surface area contributed by atoms with Crippen molar-refractivity contribution in [2.75, 3.05) is 0 Å². The summed E-state index contributed by atoms with van der Waals surface area (Å²) in [6, 6.07) is 0. The van der Waals surface area contributed by atoms with Gasteiger partial charge in [0.15, 0.2) is 0 Å². The van der Waals surface area contributed by atoms with Crippen LogP contribution in [-0.4, -0.2) is 0 Å². The standard InChI is InChI=1S/C12H22/c1-4-6-7-8-9-11-12(3)10-5-2/h6,12H,1,5,7-11H2,2-3H3. The van der Waals surface area contributed by atoms with E-state index >= 15 is 0 Å².